The van der Waals surface area contributed by atoms with E-state index in [0.29, 0.717) is 5.54 Å². The van der Waals surface area contributed by atoms with Crippen LogP contribution in [0.1, 0.15) is 39.5 Å². The van der Waals surface area contributed by atoms with Crippen LogP contribution in [0.25, 0.3) is 0 Å². The second kappa shape index (κ2) is 7.84. The quantitative estimate of drug-likeness (QED) is 0.780. The number of rotatable bonds is 2. The van der Waals surface area contributed by atoms with Gasteiger partial charge in [-0.1, -0.05) is 13.8 Å². The molecule has 1 aliphatic carbocycles. The number of nitrogens with zero attached hydrogens (tertiary/aromatic N) is 4. The number of piperidine rings is 1. The molecule has 1 saturated carbocycles. The second-order valence-electron chi connectivity index (χ2n) is 7.52. The summed E-state index contributed by atoms with van der Waals surface area (Å²) in [6.45, 7) is 10.7. The van der Waals surface area contributed by atoms with Gasteiger partial charge in [0.2, 0.25) is 0 Å². The molecule has 0 aromatic heterocycles. The molecule has 2 amide bonds. The van der Waals surface area contributed by atoms with Gasteiger partial charge in [0.25, 0.3) is 0 Å². The fourth-order valence-electron chi connectivity index (χ4n) is 3.98. The highest BCUT2D eigenvalue weighted by molar-refractivity contribution is 5.73. The summed E-state index contributed by atoms with van der Waals surface area (Å²) in [6, 6.07) is 0.169. The minimum Gasteiger partial charge on any atom is -0.331 e. The normalized spacial score (nSPS) is 25.0. The number of piperazine rings is 1. The first-order chi connectivity index (χ1) is 11.0. The summed E-state index contributed by atoms with van der Waals surface area (Å²) in [6.07, 6.45) is 5.11. The predicted molar refractivity (Wildman–Crippen MR) is 95.8 cm³/mol. The van der Waals surface area contributed by atoms with E-state index in [9.17, 15) is 4.79 Å². The molecule has 134 valence electrons. The van der Waals surface area contributed by atoms with E-state index in [0.717, 1.165) is 31.8 Å². The summed E-state index contributed by atoms with van der Waals surface area (Å²) in [4.78, 5) is 21.1. The van der Waals surface area contributed by atoms with Crippen LogP contribution in [0, 0.1) is 5.92 Å². The van der Waals surface area contributed by atoms with Crippen molar-refractivity contribution >= 4 is 6.03 Å². The highest BCUT2D eigenvalue weighted by Gasteiger charge is 2.45. The fourth-order valence-corrected chi connectivity index (χ4v) is 3.98. The molecular formula is C18H36N4O. The molecule has 5 nitrogen and oxygen atoms in total. The Morgan fingerprint density at radius 3 is 2.22 bits per heavy atom. The van der Waals surface area contributed by atoms with Gasteiger partial charge in [-0.05, 0) is 38.6 Å². The topological polar surface area (TPSA) is 30.0 Å². The van der Waals surface area contributed by atoms with E-state index in [4.69, 9.17) is 0 Å². The molecule has 5 heteroatoms. The van der Waals surface area contributed by atoms with Gasteiger partial charge in [0.05, 0.1) is 0 Å². The Kier molecular flexibility index (Phi) is 6.32. The fraction of sp³-hybridized carbons (Fsp3) is 0.944. The molecule has 1 spiro atoms. The first kappa shape index (κ1) is 18.5. The van der Waals surface area contributed by atoms with Gasteiger partial charge in [0.1, 0.15) is 0 Å². The van der Waals surface area contributed by atoms with Crippen molar-refractivity contribution in [3.8, 4) is 0 Å². The summed E-state index contributed by atoms with van der Waals surface area (Å²) in [5.74, 6) is 0.951. The molecule has 2 heterocycles. The van der Waals surface area contributed by atoms with Gasteiger partial charge in [-0.25, -0.2) is 4.79 Å². The zero-order chi connectivity index (χ0) is 17.0. The lowest BCUT2D eigenvalue weighted by atomic mass is 9.83. The minimum absolute atomic E-state index is 0.169. The average molecular weight is 325 g/mol. The first-order valence-electron chi connectivity index (χ1n) is 9.40. The maximum Gasteiger partial charge on any atom is 0.319 e. The number of carbonyl (C=O) groups is 1. The number of hydrogen-bond acceptors (Lipinski definition) is 3. The predicted octanol–water partition coefficient (Wildman–Crippen LogP) is 2.19. The SMILES string of the molecule is CC.CN1CCN(CC2CC2)C2(CCN(C(=O)N(C)C)CC2)C1. The van der Waals surface area contributed by atoms with Crippen molar-refractivity contribution in [2.45, 2.75) is 45.1 Å². The van der Waals surface area contributed by atoms with Crippen LogP contribution in [0.15, 0.2) is 0 Å². The summed E-state index contributed by atoms with van der Waals surface area (Å²) < 4.78 is 0. The lowest BCUT2D eigenvalue weighted by Gasteiger charge is -2.54. The van der Waals surface area contributed by atoms with Gasteiger partial charge in [0, 0.05) is 58.9 Å². The van der Waals surface area contributed by atoms with Gasteiger partial charge >= 0.3 is 6.03 Å². The molecule has 0 bridgehead atoms. The monoisotopic (exact) mass is 324 g/mol. The van der Waals surface area contributed by atoms with Crippen LogP contribution in [-0.2, 0) is 0 Å². The summed E-state index contributed by atoms with van der Waals surface area (Å²) in [7, 11) is 5.94. The van der Waals surface area contributed by atoms with E-state index in [2.05, 4.69) is 16.8 Å². The van der Waals surface area contributed by atoms with Crippen LogP contribution in [-0.4, -0.2) is 91.6 Å². The molecule has 3 rings (SSSR count). The van der Waals surface area contributed by atoms with Gasteiger partial charge in [0.15, 0.2) is 0 Å². The van der Waals surface area contributed by atoms with Crippen LogP contribution >= 0.6 is 0 Å². The lowest BCUT2D eigenvalue weighted by Crippen LogP contribution is -2.65. The van der Waals surface area contributed by atoms with Crippen molar-refractivity contribution in [3.63, 3.8) is 0 Å². The maximum atomic E-state index is 12.1. The van der Waals surface area contributed by atoms with Crippen molar-refractivity contribution in [3.05, 3.63) is 0 Å². The molecule has 0 unspecified atom stereocenters. The molecule has 0 aromatic rings. The molecule has 0 N–H and O–H groups in total. The summed E-state index contributed by atoms with van der Waals surface area (Å²) in [5, 5.41) is 0. The Hall–Kier alpha value is -0.810. The number of amides is 2. The first-order valence-corrected chi connectivity index (χ1v) is 9.40. The van der Waals surface area contributed by atoms with Crippen LogP contribution in [0.2, 0.25) is 0 Å². The second-order valence-corrected chi connectivity index (χ2v) is 7.52. The van der Waals surface area contributed by atoms with E-state index in [1.807, 2.05) is 32.8 Å². The number of likely N-dealkylation sites (tertiary alicyclic amines) is 1. The zero-order valence-electron chi connectivity index (χ0n) is 15.8. The smallest absolute Gasteiger partial charge is 0.319 e. The molecular weight excluding hydrogens is 288 g/mol. The van der Waals surface area contributed by atoms with Gasteiger partial charge in [-0.2, -0.15) is 0 Å². The third-order valence-corrected chi connectivity index (χ3v) is 5.51. The summed E-state index contributed by atoms with van der Waals surface area (Å²) >= 11 is 0. The van der Waals surface area contributed by atoms with Crippen LogP contribution < -0.4 is 0 Å². The van der Waals surface area contributed by atoms with E-state index >= 15 is 0 Å². The molecule has 0 aromatic carbocycles. The van der Waals surface area contributed by atoms with E-state index in [-0.39, 0.29) is 6.03 Å². The van der Waals surface area contributed by atoms with Crippen molar-refractivity contribution in [1.82, 2.24) is 19.6 Å². The van der Waals surface area contributed by atoms with Crippen molar-refractivity contribution in [1.29, 1.82) is 0 Å². The largest absolute Gasteiger partial charge is 0.331 e. The highest BCUT2D eigenvalue weighted by atomic mass is 16.2. The van der Waals surface area contributed by atoms with Gasteiger partial charge in [-0.3, -0.25) is 4.90 Å². The molecule has 3 fully saturated rings. The maximum absolute atomic E-state index is 12.1. The van der Waals surface area contributed by atoms with E-state index in [1.165, 1.54) is 39.0 Å². The van der Waals surface area contributed by atoms with Crippen molar-refractivity contribution < 1.29 is 4.79 Å². The Morgan fingerprint density at radius 2 is 1.70 bits per heavy atom. The molecule has 23 heavy (non-hydrogen) atoms. The van der Waals surface area contributed by atoms with Crippen molar-refractivity contribution in [2.24, 2.45) is 5.92 Å². The summed E-state index contributed by atoms with van der Waals surface area (Å²) in [5.41, 5.74) is 0.318. The third-order valence-electron chi connectivity index (χ3n) is 5.51. The molecule has 2 saturated heterocycles. The Morgan fingerprint density at radius 1 is 1.09 bits per heavy atom. The minimum atomic E-state index is 0.169. The number of likely N-dealkylation sites (N-methyl/N-ethyl adjacent to an activating group) is 1. The number of hydrogen-bond donors (Lipinski definition) is 0. The molecule has 0 atom stereocenters. The number of urea groups is 1. The van der Waals surface area contributed by atoms with E-state index < -0.39 is 0 Å². The zero-order valence-corrected chi connectivity index (χ0v) is 15.8. The highest BCUT2D eigenvalue weighted by Crippen LogP contribution is 2.37. The standard InChI is InChI=1S/C16H30N4O.C2H6/c1-17(2)15(21)19-8-6-16(7-9-19)13-18(3)10-11-20(16)12-14-4-5-14;1-2/h14H,4-13H2,1-3H3;1-2H3. The van der Waals surface area contributed by atoms with Gasteiger partial charge < -0.3 is 14.7 Å². The molecule has 2 aliphatic heterocycles. The van der Waals surface area contributed by atoms with Crippen LogP contribution in [0.3, 0.4) is 0 Å². The Balaban J connectivity index is 0.000000924. The third kappa shape index (κ3) is 4.38. The van der Waals surface area contributed by atoms with Gasteiger partial charge in [-0.15, -0.1) is 0 Å². The Bertz CT molecular complexity index is 386. The molecule has 0 radical (unpaired) electrons. The van der Waals surface area contributed by atoms with Crippen LogP contribution in [0.4, 0.5) is 4.79 Å². The number of carbonyl (C=O) groups excluding carboxylic acids is 1. The average Bonchev–Trinajstić information content (AvgIpc) is 3.36. The Labute approximate surface area is 142 Å². The van der Waals surface area contributed by atoms with E-state index in [1.54, 1.807) is 4.90 Å². The van der Waals surface area contributed by atoms with Crippen LogP contribution in [0.5, 0.6) is 0 Å². The molecule has 3 aliphatic rings. The lowest BCUT2D eigenvalue weighted by molar-refractivity contribution is -0.0324. The van der Waals surface area contributed by atoms with Crippen molar-refractivity contribution in [2.75, 3.05) is 60.4 Å².